The first-order valence-electron chi connectivity index (χ1n) is 6.91. The van der Waals surface area contributed by atoms with E-state index in [1.807, 2.05) is 34.5 Å². The van der Waals surface area contributed by atoms with Crippen molar-refractivity contribution in [3.05, 3.63) is 40.4 Å². The Bertz CT molecular complexity index is 658. The summed E-state index contributed by atoms with van der Waals surface area (Å²) in [5.41, 5.74) is 7.16. The fraction of sp³-hybridized carbons (Fsp3) is 0.333. The minimum absolute atomic E-state index is 0.0209. The van der Waals surface area contributed by atoms with Gasteiger partial charge in [0, 0.05) is 35.1 Å². The molecule has 110 valence electrons. The van der Waals surface area contributed by atoms with Crippen molar-refractivity contribution in [3.63, 3.8) is 0 Å². The van der Waals surface area contributed by atoms with Crippen LogP contribution in [0.2, 0.25) is 5.02 Å². The molecule has 1 fully saturated rings. The lowest BCUT2D eigenvalue weighted by Gasteiger charge is -2.22. The van der Waals surface area contributed by atoms with E-state index in [0.717, 1.165) is 30.0 Å². The normalized spacial score (nSPS) is 18.2. The summed E-state index contributed by atoms with van der Waals surface area (Å²) in [4.78, 5) is 18.8. The molecule has 0 saturated carbocycles. The molecule has 1 aliphatic heterocycles. The van der Waals surface area contributed by atoms with Crippen LogP contribution in [-0.2, 0) is 0 Å². The summed E-state index contributed by atoms with van der Waals surface area (Å²) in [6.07, 6.45) is 1.99. The predicted octanol–water partition coefficient (Wildman–Crippen LogP) is 3.03. The van der Waals surface area contributed by atoms with E-state index in [2.05, 4.69) is 4.98 Å². The van der Waals surface area contributed by atoms with Crippen molar-refractivity contribution in [1.29, 1.82) is 0 Å². The maximum Gasteiger partial charge on any atom is 0.273 e. The lowest BCUT2D eigenvalue weighted by Crippen LogP contribution is -2.40. The van der Waals surface area contributed by atoms with E-state index in [9.17, 15) is 4.79 Å². The Labute approximate surface area is 132 Å². The molecule has 2 heterocycles. The molecule has 2 N–H and O–H groups in total. The molecule has 21 heavy (non-hydrogen) atoms. The van der Waals surface area contributed by atoms with Gasteiger partial charge in [-0.2, -0.15) is 0 Å². The average molecular weight is 322 g/mol. The monoisotopic (exact) mass is 321 g/mol. The van der Waals surface area contributed by atoms with Gasteiger partial charge in [-0.1, -0.05) is 23.7 Å². The zero-order chi connectivity index (χ0) is 14.8. The summed E-state index contributed by atoms with van der Waals surface area (Å²) in [7, 11) is 0. The molecule has 2 aromatic rings. The first kappa shape index (κ1) is 14.5. The molecule has 1 aliphatic rings. The Balaban J connectivity index is 1.83. The first-order valence-corrected chi connectivity index (χ1v) is 8.17. The summed E-state index contributed by atoms with van der Waals surface area (Å²) < 4.78 is 0. The van der Waals surface area contributed by atoms with Gasteiger partial charge >= 0.3 is 0 Å². The lowest BCUT2D eigenvalue weighted by molar-refractivity contribution is 0.0736. The molecule has 1 saturated heterocycles. The van der Waals surface area contributed by atoms with Crippen molar-refractivity contribution in [2.24, 2.45) is 5.73 Å². The lowest BCUT2D eigenvalue weighted by atomic mass is 10.2. The van der Waals surface area contributed by atoms with Crippen LogP contribution in [0.5, 0.6) is 0 Å². The van der Waals surface area contributed by atoms with Crippen LogP contribution in [0.25, 0.3) is 10.6 Å². The molecule has 1 aromatic heterocycles. The highest BCUT2D eigenvalue weighted by molar-refractivity contribution is 7.13. The quantitative estimate of drug-likeness (QED) is 0.945. The van der Waals surface area contributed by atoms with E-state index >= 15 is 0 Å². The summed E-state index contributed by atoms with van der Waals surface area (Å²) >= 11 is 7.45. The summed E-state index contributed by atoms with van der Waals surface area (Å²) in [5, 5.41) is 3.28. The number of hydrogen-bond donors (Lipinski definition) is 1. The third-order valence-corrected chi connectivity index (χ3v) is 4.83. The van der Waals surface area contributed by atoms with Crippen LogP contribution in [0.4, 0.5) is 0 Å². The molecule has 1 aromatic carbocycles. The van der Waals surface area contributed by atoms with Crippen LogP contribution < -0.4 is 5.73 Å². The summed E-state index contributed by atoms with van der Waals surface area (Å²) in [6.45, 7) is 1.28. The number of nitrogens with zero attached hydrogens (tertiary/aromatic N) is 2. The Morgan fingerprint density at radius 2 is 2.38 bits per heavy atom. The number of amides is 1. The average Bonchev–Trinajstić information content (AvgIpc) is 3.15. The van der Waals surface area contributed by atoms with Crippen LogP contribution >= 0.6 is 22.9 Å². The maximum atomic E-state index is 12.5. The number of hydrogen-bond acceptors (Lipinski definition) is 4. The summed E-state index contributed by atoms with van der Waals surface area (Å²) in [6, 6.07) is 7.64. The molecule has 1 amide bonds. The second kappa shape index (κ2) is 6.13. The zero-order valence-electron chi connectivity index (χ0n) is 11.5. The Kier molecular flexibility index (Phi) is 4.24. The van der Waals surface area contributed by atoms with Gasteiger partial charge in [0.15, 0.2) is 0 Å². The van der Waals surface area contributed by atoms with E-state index in [1.165, 1.54) is 11.3 Å². The molecule has 0 spiro atoms. The van der Waals surface area contributed by atoms with E-state index in [4.69, 9.17) is 17.3 Å². The predicted molar refractivity (Wildman–Crippen MR) is 85.7 cm³/mol. The van der Waals surface area contributed by atoms with Crippen molar-refractivity contribution in [1.82, 2.24) is 9.88 Å². The molecule has 0 bridgehead atoms. The van der Waals surface area contributed by atoms with Crippen LogP contribution in [-0.4, -0.2) is 34.9 Å². The third kappa shape index (κ3) is 2.95. The Morgan fingerprint density at radius 3 is 3.14 bits per heavy atom. The van der Waals surface area contributed by atoms with Gasteiger partial charge in [0.25, 0.3) is 5.91 Å². The van der Waals surface area contributed by atoms with Gasteiger partial charge in [-0.3, -0.25) is 4.79 Å². The zero-order valence-corrected chi connectivity index (χ0v) is 13.0. The number of rotatable bonds is 3. The van der Waals surface area contributed by atoms with Gasteiger partial charge in [0.1, 0.15) is 10.7 Å². The number of carbonyl (C=O) groups excluding carboxylic acids is 1. The smallest absolute Gasteiger partial charge is 0.273 e. The van der Waals surface area contributed by atoms with Gasteiger partial charge in [-0.15, -0.1) is 11.3 Å². The Morgan fingerprint density at radius 1 is 1.52 bits per heavy atom. The molecule has 1 unspecified atom stereocenters. The van der Waals surface area contributed by atoms with Crippen LogP contribution in [0.1, 0.15) is 23.3 Å². The van der Waals surface area contributed by atoms with Gasteiger partial charge in [-0.25, -0.2) is 4.98 Å². The standard InChI is InChI=1S/C15H16ClN3OS/c16-11-4-1-3-10(7-11)14-18-13(9-21-14)15(20)19-6-2-5-12(19)8-17/h1,3-4,7,9,12H,2,5-6,8,17H2. The molecule has 6 heteroatoms. The highest BCUT2D eigenvalue weighted by Gasteiger charge is 2.29. The second-order valence-corrected chi connectivity index (χ2v) is 6.37. The van der Waals surface area contributed by atoms with E-state index in [0.29, 0.717) is 17.3 Å². The topological polar surface area (TPSA) is 59.2 Å². The van der Waals surface area contributed by atoms with Crippen molar-refractivity contribution in [2.75, 3.05) is 13.1 Å². The molecule has 0 aliphatic carbocycles. The van der Waals surface area contributed by atoms with Gasteiger partial charge in [0.05, 0.1) is 0 Å². The fourth-order valence-electron chi connectivity index (χ4n) is 2.62. The molecule has 4 nitrogen and oxygen atoms in total. The van der Waals surface area contributed by atoms with Crippen LogP contribution in [0, 0.1) is 0 Å². The molecular formula is C15H16ClN3OS. The highest BCUT2D eigenvalue weighted by atomic mass is 35.5. The van der Waals surface area contributed by atoms with Crippen LogP contribution in [0.3, 0.4) is 0 Å². The fourth-order valence-corrected chi connectivity index (χ4v) is 3.60. The third-order valence-electron chi connectivity index (χ3n) is 3.70. The minimum Gasteiger partial charge on any atom is -0.333 e. The number of halogens is 1. The number of aromatic nitrogens is 1. The summed E-state index contributed by atoms with van der Waals surface area (Å²) in [5.74, 6) is -0.0209. The number of thiazole rings is 1. The van der Waals surface area contributed by atoms with E-state index in [1.54, 1.807) is 0 Å². The van der Waals surface area contributed by atoms with Gasteiger partial charge in [0.2, 0.25) is 0 Å². The van der Waals surface area contributed by atoms with Crippen molar-refractivity contribution >= 4 is 28.8 Å². The van der Waals surface area contributed by atoms with Crippen molar-refractivity contribution in [3.8, 4) is 10.6 Å². The minimum atomic E-state index is -0.0209. The Hall–Kier alpha value is -1.43. The largest absolute Gasteiger partial charge is 0.333 e. The number of nitrogens with two attached hydrogens (primary N) is 1. The number of likely N-dealkylation sites (tertiary alicyclic amines) is 1. The molecule has 3 rings (SSSR count). The van der Waals surface area contributed by atoms with E-state index in [-0.39, 0.29) is 11.9 Å². The molecule has 1 atom stereocenters. The number of benzene rings is 1. The highest BCUT2D eigenvalue weighted by Crippen LogP contribution is 2.27. The molecular weight excluding hydrogens is 306 g/mol. The molecule has 0 radical (unpaired) electrons. The van der Waals surface area contributed by atoms with Gasteiger partial charge in [-0.05, 0) is 25.0 Å². The van der Waals surface area contributed by atoms with Gasteiger partial charge < -0.3 is 10.6 Å². The first-order chi connectivity index (χ1) is 10.2. The van der Waals surface area contributed by atoms with Crippen LogP contribution in [0.15, 0.2) is 29.6 Å². The van der Waals surface area contributed by atoms with Crippen molar-refractivity contribution < 1.29 is 4.79 Å². The second-order valence-electron chi connectivity index (χ2n) is 5.08. The SMILES string of the molecule is NCC1CCCN1C(=O)c1csc(-c2cccc(Cl)c2)n1. The van der Waals surface area contributed by atoms with E-state index < -0.39 is 0 Å². The van der Waals surface area contributed by atoms with Crippen molar-refractivity contribution in [2.45, 2.75) is 18.9 Å². The number of carbonyl (C=O) groups is 1. The maximum absolute atomic E-state index is 12.5.